The van der Waals surface area contributed by atoms with E-state index in [1.165, 1.54) is 30.5 Å². The van der Waals surface area contributed by atoms with Crippen molar-refractivity contribution in [3.05, 3.63) is 66.0 Å². The highest BCUT2D eigenvalue weighted by atomic mass is 19.1. The summed E-state index contributed by atoms with van der Waals surface area (Å²) in [6, 6.07) is 16.9. The first-order valence-electron chi connectivity index (χ1n) is 12.2. The average Bonchev–Trinajstić information content (AvgIpc) is 3.49. The standard InChI is InChI=1S/C27H23FN6O2/c28-17-9-10-24-22(14-17)29-27(36-24)30-23-13-16(19-4-1-2-5-20(19)26-31-33-34-32-26)12-21-18(15-7-8-15)6-3-11-35-25(21)23/h1-2,4-5,9-10,12-15,18H,3,6-8,11H2,(H,29,30)(H,31,32,33,34). The zero-order valence-corrected chi connectivity index (χ0v) is 19.4. The molecule has 1 aliphatic carbocycles. The van der Waals surface area contributed by atoms with Crippen molar-refractivity contribution in [1.82, 2.24) is 25.6 Å². The molecule has 2 N–H and O–H groups in total. The minimum absolute atomic E-state index is 0.289. The Balaban J connectivity index is 1.39. The Morgan fingerprint density at radius 2 is 1.89 bits per heavy atom. The summed E-state index contributed by atoms with van der Waals surface area (Å²) in [4.78, 5) is 4.46. The minimum Gasteiger partial charge on any atom is -0.491 e. The molecular weight excluding hydrogens is 459 g/mol. The van der Waals surface area contributed by atoms with E-state index in [2.05, 4.69) is 43.1 Å². The Bertz CT molecular complexity index is 1560. The molecule has 0 spiro atoms. The number of nitrogens with zero attached hydrogens (tertiary/aromatic N) is 4. The zero-order chi connectivity index (χ0) is 24.1. The maximum Gasteiger partial charge on any atom is 0.300 e. The Morgan fingerprint density at radius 1 is 1.00 bits per heavy atom. The summed E-state index contributed by atoms with van der Waals surface area (Å²) < 4.78 is 25.9. The van der Waals surface area contributed by atoms with Crippen molar-refractivity contribution in [2.75, 3.05) is 11.9 Å². The van der Waals surface area contributed by atoms with Crippen molar-refractivity contribution in [2.24, 2.45) is 5.92 Å². The zero-order valence-electron chi connectivity index (χ0n) is 19.4. The largest absolute Gasteiger partial charge is 0.491 e. The third-order valence-electron chi connectivity index (χ3n) is 7.03. The topological polar surface area (TPSA) is 102 Å². The van der Waals surface area contributed by atoms with Gasteiger partial charge in [0.25, 0.3) is 6.01 Å². The molecule has 7 rings (SSSR count). The first-order valence-corrected chi connectivity index (χ1v) is 12.2. The van der Waals surface area contributed by atoms with Gasteiger partial charge in [-0.15, -0.1) is 10.2 Å². The van der Waals surface area contributed by atoms with Crippen LogP contribution >= 0.6 is 0 Å². The van der Waals surface area contributed by atoms with Crippen LogP contribution in [0, 0.1) is 11.7 Å². The van der Waals surface area contributed by atoms with E-state index >= 15 is 0 Å². The van der Waals surface area contributed by atoms with Gasteiger partial charge in [0, 0.05) is 17.2 Å². The fourth-order valence-corrected chi connectivity index (χ4v) is 5.23. The van der Waals surface area contributed by atoms with Crippen LogP contribution in [0.4, 0.5) is 16.1 Å². The smallest absolute Gasteiger partial charge is 0.300 e. The van der Waals surface area contributed by atoms with E-state index in [0.717, 1.165) is 41.0 Å². The van der Waals surface area contributed by atoms with Gasteiger partial charge in [0.2, 0.25) is 5.82 Å². The molecule has 0 saturated heterocycles. The molecule has 1 atom stereocenters. The number of hydrogen-bond acceptors (Lipinski definition) is 7. The van der Waals surface area contributed by atoms with Gasteiger partial charge >= 0.3 is 0 Å². The fraction of sp³-hybridized carbons (Fsp3) is 0.259. The highest BCUT2D eigenvalue weighted by Gasteiger charge is 2.36. The van der Waals surface area contributed by atoms with Crippen LogP contribution in [0.2, 0.25) is 0 Å². The van der Waals surface area contributed by atoms with E-state index < -0.39 is 0 Å². The normalized spacial score (nSPS) is 17.4. The quantitative estimate of drug-likeness (QED) is 0.306. The van der Waals surface area contributed by atoms with E-state index in [4.69, 9.17) is 9.15 Å². The minimum atomic E-state index is -0.355. The summed E-state index contributed by atoms with van der Waals surface area (Å²) in [5, 5.41) is 18.0. The molecule has 9 heteroatoms. The number of anilines is 2. The Labute approximate surface area is 205 Å². The molecule has 2 aromatic heterocycles. The maximum absolute atomic E-state index is 13.7. The summed E-state index contributed by atoms with van der Waals surface area (Å²) in [6.45, 7) is 0.655. The molecule has 1 unspecified atom stereocenters. The number of tetrazole rings is 1. The molecule has 8 nitrogen and oxygen atoms in total. The van der Waals surface area contributed by atoms with Crippen LogP contribution in [-0.4, -0.2) is 32.2 Å². The van der Waals surface area contributed by atoms with E-state index in [-0.39, 0.29) is 11.8 Å². The number of hydrogen-bond donors (Lipinski definition) is 2. The number of fused-ring (bicyclic) bond motifs is 2. The van der Waals surface area contributed by atoms with Crippen LogP contribution in [-0.2, 0) is 0 Å². The van der Waals surface area contributed by atoms with Crippen molar-refractivity contribution in [3.63, 3.8) is 0 Å². The number of nitrogens with one attached hydrogen (secondary N) is 2. The lowest BCUT2D eigenvalue weighted by atomic mass is 9.86. The Morgan fingerprint density at radius 3 is 2.72 bits per heavy atom. The third-order valence-corrected chi connectivity index (χ3v) is 7.03. The Kier molecular flexibility index (Phi) is 4.93. The lowest BCUT2D eigenvalue weighted by molar-refractivity contribution is 0.317. The van der Waals surface area contributed by atoms with Crippen LogP contribution in [0.1, 0.15) is 37.2 Å². The number of H-pyrrole nitrogens is 1. The molecule has 1 fully saturated rings. The average molecular weight is 483 g/mol. The molecule has 36 heavy (non-hydrogen) atoms. The van der Waals surface area contributed by atoms with Gasteiger partial charge in [-0.3, -0.25) is 0 Å². The van der Waals surface area contributed by atoms with Gasteiger partial charge in [-0.1, -0.05) is 24.3 Å². The van der Waals surface area contributed by atoms with Gasteiger partial charge in [0.05, 0.1) is 12.3 Å². The fourth-order valence-electron chi connectivity index (χ4n) is 5.23. The number of oxazole rings is 1. The number of rotatable bonds is 5. The lowest BCUT2D eigenvalue weighted by Gasteiger charge is -2.21. The highest BCUT2D eigenvalue weighted by molar-refractivity contribution is 5.85. The van der Waals surface area contributed by atoms with Crippen molar-refractivity contribution in [2.45, 2.75) is 31.6 Å². The van der Waals surface area contributed by atoms with Crippen molar-refractivity contribution in [3.8, 4) is 28.3 Å². The number of aromatic amines is 1. The predicted molar refractivity (Wildman–Crippen MR) is 132 cm³/mol. The molecule has 0 radical (unpaired) electrons. The van der Waals surface area contributed by atoms with Crippen LogP contribution < -0.4 is 10.1 Å². The maximum atomic E-state index is 13.7. The number of benzene rings is 3. The molecule has 180 valence electrons. The van der Waals surface area contributed by atoms with Crippen molar-refractivity contribution < 1.29 is 13.5 Å². The third kappa shape index (κ3) is 3.77. The second-order valence-electron chi connectivity index (χ2n) is 9.41. The summed E-state index contributed by atoms with van der Waals surface area (Å²) in [5.41, 5.74) is 5.81. The number of ether oxygens (including phenoxy) is 1. The monoisotopic (exact) mass is 482 g/mol. The molecule has 3 aromatic carbocycles. The first-order chi connectivity index (χ1) is 17.7. The second kappa shape index (κ2) is 8.44. The SMILES string of the molecule is Fc1ccc2oc(Nc3cc(-c4ccccc4-c4nn[nH]n4)cc4c3OCCCC4C3CC3)nc2c1. The lowest BCUT2D eigenvalue weighted by Crippen LogP contribution is -2.04. The molecule has 1 saturated carbocycles. The van der Waals surface area contributed by atoms with E-state index in [1.54, 1.807) is 6.07 Å². The van der Waals surface area contributed by atoms with Gasteiger partial charge in [-0.2, -0.15) is 10.2 Å². The second-order valence-corrected chi connectivity index (χ2v) is 9.41. The number of halogens is 1. The molecule has 3 heterocycles. The molecule has 0 bridgehead atoms. The highest BCUT2D eigenvalue weighted by Crippen LogP contribution is 2.52. The van der Waals surface area contributed by atoms with Crippen LogP contribution in [0.3, 0.4) is 0 Å². The van der Waals surface area contributed by atoms with Gasteiger partial charge in [0.15, 0.2) is 5.58 Å². The van der Waals surface area contributed by atoms with Crippen LogP contribution in [0.15, 0.2) is 59.0 Å². The van der Waals surface area contributed by atoms with Crippen LogP contribution in [0.25, 0.3) is 33.6 Å². The van der Waals surface area contributed by atoms with Gasteiger partial charge in [-0.05, 0) is 78.1 Å². The van der Waals surface area contributed by atoms with Gasteiger partial charge in [-0.25, -0.2) is 4.39 Å². The molecule has 1 aliphatic heterocycles. The van der Waals surface area contributed by atoms with Gasteiger partial charge < -0.3 is 14.5 Å². The van der Waals surface area contributed by atoms with E-state index in [1.807, 2.05) is 24.3 Å². The molecular formula is C27H23FN6O2. The van der Waals surface area contributed by atoms with Gasteiger partial charge in [0.1, 0.15) is 17.1 Å². The van der Waals surface area contributed by atoms with Crippen molar-refractivity contribution >= 4 is 22.8 Å². The number of aromatic nitrogens is 5. The molecule has 5 aromatic rings. The molecule has 2 aliphatic rings. The van der Waals surface area contributed by atoms with Crippen LogP contribution in [0.5, 0.6) is 5.75 Å². The summed E-state index contributed by atoms with van der Waals surface area (Å²) >= 11 is 0. The first kappa shape index (κ1) is 21.0. The summed E-state index contributed by atoms with van der Waals surface area (Å²) in [6.07, 6.45) is 4.59. The summed E-state index contributed by atoms with van der Waals surface area (Å²) in [5.74, 6) is 2.11. The van der Waals surface area contributed by atoms with E-state index in [9.17, 15) is 4.39 Å². The van der Waals surface area contributed by atoms with E-state index in [0.29, 0.717) is 35.4 Å². The summed E-state index contributed by atoms with van der Waals surface area (Å²) in [7, 11) is 0. The predicted octanol–water partition coefficient (Wildman–Crippen LogP) is 6.22. The molecule has 0 amide bonds. The Hall–Kier alpha value is -4.27. The van der Waals surface area contributed by atoms with Crippen molar-refractivity contribution in [1.29, 1.82) is 0 Å².